The molecule has 0 heterocycles. The molecule has 5 nitrogen and oxygen atoms in total. The van der Waals surface area contributed by atoms with Crippen molar-refractivity contribution in [1.82, 2.24) is 0 Å². The number of fused-ring (bicyclic) bond motifs is 2. The van der Waals surface area contributed by atoms with Gasteiger partial charge >= 0.3 is 12.1 Å². The molecule has 3 rings (SSSR count). The van der Waals surface area contributed by atoms with Gasteiger partial charge in [0.1, 0.15) is 5.78 Å². The Hall–Kier alpha value is -2.38. The van der Waals surface area contributed by atoms with E-state index in [9.17, 15) is 27.6 Å². The fourth-order valence-electron chi connectivity index (χ4n) is 4.07. The van der Waals surface area contributed by atoms with Crippen molar-refractivity contribution in [2.24, 2.45) is 17.8 Å². The maximum Gasteiger partial charge on any atom is 0.418 e. The number of carbonyl (C=O) groups excluding carboxylic acids is 3. The Labute approximate surface area is 160 Å². The van der Waals surface area contributed by atoms with E-state index in [4.69, 9.17) is 4.74 Å². The molecule has 4 atom stereocenters. The Morgan fingerprint density at radius 1 is 1.14 bits per heavy atom. The van der Waals surface area contributed by atoms with Crippen LogP contribution in [-0.2, 0) is 25.3 Å². The van der Waals surface area contributed by atoms with Crippen LogP contribution in [0.15, 0.2) is 24.3 Å². The number of carbonyl (C=O) groups is 3. The number of anilines is 1. The van der Waals surface area contributed by atoms with Crippen LogP contribution in [0.3, 0.4) is 0 Å². The molecular weight excluding hydrogens is 375 g/mol. The Bertz CT molecular complexity index is 761. The SMILES string of the molecule is C[C@H](OC(=O)C1C[C@H]2CCC[C@@H](C1)C2=O)C(=O)Nc1ccccc1C(F)(F)F. The summed E-state index contributed by atoms with van der Waals surface area (Å²) in [6, 6.07) is 4.61. The molecule has 1 unspecified atom stereocenters. The van der Waals surface area contributed by atoms with Crippen LogP contribution >= 0.6 is 0 Å². The molecule has 28 heavy (non-hydrogen) atoms. The standard InChI is InChI=1S/C20H22F3NO4/c1-11(18(26)24-16-8-3-2-7-15(16)20(21,22)23)28-19(27)14-9-12-5-4-6-13(10-14)17(12)25/h2-3,7-8,11-14H,4-6,9-10H2,1H3,(H,24,26)/t11-,12-,13+,14?/m0/s1. The minimum absolute atomic E-state index is 0.132. The summed E-state index contributed by atoms with van der Waals surface area (Å²) in [6.07, 6.45) is -2.52. The first-order chi connectivity index (χ1) is 13.2. The fraction of sp³-hybridized carbons (Fsp3) is 0.550. The lowest BCUT2D eigenvalue weighted by molar-refractivity contribution is -0.161. The quantitative estimate of drug-likeness (QED) is 0.781. The molecule has 2 aliphatic rings. The molecule has 2 aliphatic carbocycles. The van der Waals surface area contributed by atoms with Crippen LogP contribution in [-0.4, -0.2) is 23.8 Å². The zero-order chi connectivity index (χ0) is 20.5. The summed E-state index contributed by atoms with van der Waals surface area (Å²) in [6.45, 7) is 1.32. The number of esters is 1. The highest BCUT2D eigenvalue weighted by atomic mass is 19.4. The summed E-state index contributed by atoms with van der Waals surface area (Å²) in [7, 11) is 0. The van der Waals surface area contributed by atoms with Crippen molar-refractivity contribution in [2.45, 2.75) is 51.3 Å². The fourth-order valence-corrected chi connectivity index (χ4v) is 4.07. The molecular formula is C20H22F3NO4. The van der Waals surface area contributed by atoms with E-state index in [1.807, 2.05) is 0 Å². The van der Waals surface area contributed by atoms with Crippen LogP contribution in [0.1, 0.15) is 44.6 Å². The average Bonchev–Trinajstić information content (AvgIpc) is 2.60. The summed E-state index contributed by atoms with van der Waals surface area (Å²) < 4.78 is 44.3. The van der Waals surface area contributed by atoms with E-state index < -0.39 is 35.6 Å². The van der Waals surface area contributed by atoms with Crippen molar-refractivity contribution in [1.29, 1.82) is 0 Å². The molecule has 0 saturated heterocycles. The first-order valence-corrected chi connectivity index (χ1v) is 9.38. The number of nitrogens with one attached hydrogen (secondary N) is 1. The Morgan fingerprint density at radius 2 is 1.75 bits per heavy atom. The zero-order valence-electron chi connectivity index (χ0n) is 15.4. The highest BCUT2D eigenvalue weighted by molar-refractivity contribution is 5.96. The third-order valence-electron chi connectivity index (χ3n) is 5.53. The number of amides is 1. The molecule has 1 aromatic rings. The Morgan fingerprint density at radius 3 is 2.36 bits per heavy atom. The molecule has 0 spiro atoms. The van der Waals surface area contributed by atoms with Crippen LogP contribution < -0.4 is 5.32 Å². The molecule has 2 bridgehead atoms. The molecule has 2 fully saturated rings. The van der Waals surface area contributed by atoms with Crippen LogP contribution in [0.25, 0.3) is 0 Å². The van der Waals surface area contributed by atoms with Gasteiger partial charge in [0.05, 0.1) is 17.2 Å². The monoisotopic (exact) mass is 397 g/mol. The number of hydrogen-bond acceptors (Lipinski definition) is 4. The molecule has 1 aromatic carbocycles. The van der Waals surface area contributed by atoms with E-state index in [-0.39, 0.29) is 23.3 Å². The van der Waals surface area contributed by atoms with Crippen LogP contribution in [0.4, 0.5) is 18.9 Å². The number of benzene rings is 1. The van der Waals surface area contributed by atoms with Crippen molar-refractivity contribution < 1.29 is 32.3 Å². The van der Waals surface area contributed by atoms with E-state index in [1.165, 1.54) is 19.1 Å². The van der Waals surface area contributed by atoms with Gasteiger partial charge in [-0.1, -0.05) is 18.6 Å². The number of Topliss-reactive ketones (excluding diaryl/α,β-unsaturated/α-hetero) is 1. The number of para-hydroxylation sites is 1. The Balaban J connectivity index is 1.61. The third-order valence-corrected chi connectivity index (χ3v) is 5.53. The van der Waals surface area contributed by atoms with Gasteiger partial charge in [-0.15, -0.1) is 0 Å². The number of ketones is 1. The topological polar surface area (TPSA) is 72.5 Å². The molecule has 0 aliphatic heterocycles. The lowest BCUT2D eigenvalue weighted by Crippen LogP contribution is -2.41. The predicted octanol–water partition coefficient (Wildman–Crippen LogP) is 3.97. The molecule has 1 N–H and O–H groups in total. The first kappa shape index (κ1) is 20.4. The molecule has 0 radical (unpaired) electrons. The normalized spacial score (nSPS) is 25.7. The second-order valence-corrected chi connectivity index (χ2v) is 7.51. The van der Waals surface area contributed by atoms with E-state index in [2.05, 4.69) is 5.32 Å². The highest BCUT2D eigenvalue weighted by Crippen LogP contribution is 2.40. The van der Waals surface area contributed by atoms with Crippen molar-refractivity contribution in [3.05, 3.63) is 29.8 Å². The molecule has 2 saturated carbocycles. The average molecular weight is 397 g/mol. The number of alkyl halides is 3. The predicted molar refractivity (Wildman–Crippen MR) is 94.2 cm³/mol. The van der Waals surface area contributed by atoms with Gasteiger partial charge in [-0.3, -0.25) is 14.4 Å². The zero-order valence-corrected chi connectivity index (χ0v) is 15.4. The molecule has 152 valence electrons. The van der Waals surface area contributed by atoms with Crippen molar-refractivity contribution in [2.75, 3.05) is 5.32 Å². The largest absolute Gasteiger partial charge is 0.452 e. The maximum absolute atomic E-state index is 13.0. The summed E-state index contributed by atoms with van der Waals surface area (Å²) in [5, 5.41) is 2.18. The number of ether oxygens (including phenoxy) is 1. The number of rotatable bonds is 4. The van der Waals surface area contributed by atoms with Gasteiger partial charge in [0.2, 0.25) is 0 Å². The lowest BCUT2D eigenvalue weighted by atomic mass is 9.67. The minimum atomic E-state index is -4.61. The lowest BCUT2D eigenvalue weighted by Gasteiger charge is -2.36. The third kappa shape index (κ3) is 4.36. The highest BCUT2D eigenvalue weighted by Gasteiger charge is 2.42. The van der Waals surface area contributed by atoms with Gasteiger partial charge in [0, 0.05) is 11.8 Å². The number of hydrogen-bond donors (Lipinski definition) is 1. The molecule has 0 aromatic heterocycles. The maximum atomic E-state index is 13.0. The second kappa shape index (κ2) is 7.93. The second-order valence-electron chi connectivity index (χ2n) is 7.51. The van der Waals surface area contributed by atoms with E-state index in [0.29, 0.717) is 12.8 Å². The summed E-state index contributed by atoms with van der Waals surface area (Å²) >= 11 is 0. The van der Waals surface area contributed by atoms with Gasteiger partial charge in [0.15, 0.2) is 6.10 Å². The van der Waals surface area contributed by atoms with Crippen LogP contribution in [0.2, 0.25) is 0 Å². The van der Waals surface area contributed by atoms with Gasteiger partial charge < -0.3 is 10.1 Å². The van der Waals surface area contributed by atoms with Gasteiger partial charge in [0.25, 0.3) is 5.91 Å². The van der Waals surface area contributed by atoms with Gasteiger partial charge in [-0.25, -0.2) is 0 Å². The van der Waals surface area contributed by atoms with E-state index in [1.54, 1.807) is 0 Å². The summed E-state index contributed by atoms with van der Waals surface area (Å²) in [4.78, 5) is 36.8. The van der Waals surface area contributed by atoms with Crippen molar-refractivity contribution in [3.63, 3.8) is 0 Å². The first-order valence-electron chi connectivity index (χ1n) is 9.38. The van der Waals surface area contributed by atoms with E-state index >= 15 is 0 Å². The van der Waals surface area contributed by atoms with Crippen molar-refractivity contribution >= 4 is 23.3 Å². The van der Waals surface area contributed by atoms with Gasteiger partial charge in [-0.2, -0.15) is 13.2 Å². The van der Waals surface area contributed by atoms with Crippen molar-refractivity contribution in [3.8, 4) is 0 Å². The molecule has 8 heteroatoms. The van der Waals surface area contributed by atoms with E-state index in [0.717, 1.165) is 31.4 Å². The van der Waals surface area contributed by atoms with Gasteiger partial charge in [-0.05, 0) is 44.7 Å². The van der Waals surface area contributed by atoms with Crippen LogP contribution in [0.5, 0.6) is 0 Å². The number of halogens is 3. The smallest absolute Gasteiger partial charge is 0.418 e. The summed E-state index contributed by atoms with van der Waals surface area (Å²) in [5.74, 6) is -1.91. The minimum Gasteiger partial charge on any atom is -0.452 e. The summed E-state index contributed by atoms with van der Waals surface area (Å²) in [5.41, 5.74) is -1.36. The van der Waals surface area contributed by atoms with Crippen LogP contribution in [0, 0.1) is 17.8 Å². The molecule has 1 amide bonds. The Kier molecular flexibility index (Phi) is 5.76.